The van der Waals surface area contributed by atoms with Gasteiger partial charge in [-0.15, -0.1) is 0 Å². The summed E-state index contributed by atoms with van der Waals surface area (Å²) in [6.45, 7) is -0.283. The highest BCUT2D eigenvalue weighted by Crippen LogP contribution is 2.42. The molecule has 12 heteroatoms. The highest BCUT2D eigenvalue weighted by Gasteiger charge is 2.39. The molecule has 4 aromatic rings. The predicted octanol–water partition coefficient (Wildman–Crippen LogP) is 4.21. The van der Waals surface area contributed by atoms with E-state index in [0.717, 1.165) is 11.0 Å². The van der Waals surface area contributed by atoms with Crippen LogP contribution in [-0.2, 0) is 13.2 Å². The second kappa shape index (κ2) is 7.27. The van der Waals surface area contributed by atoms with Gasteiger partial charge in [-0.1, -0.05) is 0 Å². The molecule has 1 atom stereocenters. The van der Waals surface area contributed by atoms with Crippen LogP contribution in [0.5, 0.6) is 5.75 Å². The summed E-state index contributed by atoms with van der Waals surface area (Å²) in [7, 11) is 2.95. The number of hydrogen-bond acceptors (Lipinski definition) is 5. The lowest BCUT2D eigenvalue weighted by Gasteiger charge is -2.24. The summed E-state index contributed by atoms with van der Waals surface area (Å²) < 4.78 is 75.4. The Morgan fingerprint density at radius 1 is 1.18 bits per heavy atom. The third-order valence-corrected chi connectivity index (χ3v) is 5.96. The van der Waals surface area contributed by atoms with Gasteiger partial charge in [0.2, 0.25) is 0 Å². The summed E-state index contributed by atoms with van der Waals surface area (Å²) >= 11 is 0. The molecule has 1 amide bonds. The molecule has 2 aromatic heterocycles. The van der Waals surface area contributed by atoms with E-state index in [-0.39, 0.29) is 34.8 Å². The van der Waals surface area contributed by atoms with Gasteiger partial charge >= 0.3 is 6.18 Å². The molecular formula is C22H16F5N5O2. The lowest BCUT2D eigenvalue weighted by atomic mass is 10.0. The van der Waals surface area contributed by atoms with E-state index in [9.17, 15) is 26.7 Å². The van der Waals surface area contributed by atoms with Gasteiger partial charge in [0.1, 0.15) is 29.8 Å². The monoisotopic (exact) mass is 477 g/mol. The van der Waals surface area contributed by atoms with Gasteiger partial charge in [-0.3, -0.25) is 9.48 Å². The molecule has 5 rings (SSSR count). The second-order valence-corrected chi connectivity index (χ2v) is 7.99. The van der Waals surface area contributed by atoms with E-state index >= 15 is 0 Å². The first-order chi connectivity index (χ1) is 16.0. The number of hydrogen-bond donors (Lipinski definition) is 1. The number of nitrogen functional groups attached to an aromatic ring is 1. The van der Waals surface area contributed by atoms with Crippen LogP contribution in [0.4, 0.5) is 27.8 Å². The molecule has 7 nitrogen and oxygen atoms in total. The summed E-state index contributed by atoms with van der Waals surface area (Å²) in [4.78, 5) is 18.4. The fourth-order valence-electron chi connectivity index (χ4n) is 4.23. The Balaban J connectivity index is 1.57. The zero-order chi connectivity index (χ0) is 24.5. The number of fused-ring (bicyclic) bond motifs is 4. The van der Waals surface area contributed by atoms with Gasteiger partial charge in [-0.2, -0.15) is 18.3 Å². The zero-order valence-corrected chi connectivity index (χ0v) is 17.7. The van der Waals surface area contributed by atoms with E-state index in [4.69, 9.17) is 10.5 Å². The number of nitrogens with zero attached hydrogens (tertiary/aromatic N) is 4. The molecule has 0 spiro atoms. The number of benzene rings is 2. The molecule has 0 bridgehead atoms. The number of aromatic nitrogens is 3. The summed E-state index contributed by atoms with van der Waals surface area (Å²) in [6, 6.07) is 2.35. The number of anilines is 1. The van der Waals surface area contributed by atoms with Crippen LogP contribution < -0.4 is 10.5 Å². The number of nitrogens with two attached hydrogens (primary N) is 1. The minimum absolute atomic E-state index is 0.152. The maximum absolute atomic E-state index is 15.0. The van der Waals surface area contributed by atoms with Crippen molar-refractivity contribution >= 4 is 33.5 Å². The van der Waals surface area contributed by atoms with E-state index in [1.165, 1.54) is 24.0 Å². The van der Waals surface area contributed by atoms with Crippen LogP contribution in [-0.4, -0.2) is 39.2 Å². The molecular weight excluding hydrogens is 461 g/mol. The predicted molar refractivity (Wildman–Crippen MR) is 112 cm³/mol. The Morgan fingerprint density at radius 3 is 2.62 bits per heavy atom. The second-order valence-electron chi connectivity index (χ2n) is 7.99. The van der Waals surface area contributed by atoms with Crippen LogP contribution in [0.25, 0.3) is 21.8 Å². The van der Waals surface area contributed by atoms with E-state index in [2.05, 4.69) is 10.1 Å². The number of pyridine rings is 1. The summed E-state index contributed by atoms with van der Waals surface area (Å²) in [5, 5.41) is 5.07. The van der Waals surface area contributed by atoms with E-state index in [0.29, 0.717) is 28.4 Å². The average Bonchev–Trinajstić information content (AvgIpc) is 3.36. The number of carbonyl (C=O) groups excluding carboxylic acids is 1. The van der Waals surface area contributed by atoms with Gasteiger partial charge in [0, 0.05) is 25.5 Å². The Hall–Kier alpha value is -3.96. The van der Waals surface area contributed by atoms with Crippen LogP contribution in [0.1, 0.15) is 27.5 Å². The molecule has 0 unspecified atom stereocenters. The smallest absolute Gasteiger partial charge is 0.416 e. The third-order valence-electron chi connectivity index (χ3n) is 5.96. The van der Waals surface area contributed by atoms with Crippen molar-refractivity contribution in [3.63, 3.8) is 0 Å². The lowest BCUT2D eigenvalue weighted by molar-refractivity contribution is -0.137. The summed E-state index contributed by atoms with van der Waals surface area (Å²) in [6.07, 6.45) is -3.26. The average molecular weight is 477 g/mol. The molecule has 0 fully saturated rings. The standard InChI is InChI=1S/C22H16F5N5O2/c1-31(16-8-34-17-4-9(22(25,26)27)3-14(24)18(16)17)21(33)10-5-11-15(6-13(10)23)30-20(28)12-7-29-32(2)19(11)12/h3-7,16H,8H2,1-2H3,(H2,28,30)/t16-/m1/s1. The van der Waals surface area contributed by atoms with E-state index in [1.807, 2.05) is 0 Å². The largest absolute Gasteiger partial charge is 0.491 e. The number of rotatable bonds is 2. The molecule has 0 aliphatic carbocycles. The maximum Gasteiger partial charge on any atom is 0.416 e. The molecule has 34 heavy (non-hydrogen) atoms. The van der Waals surface area contributed by atoms with Crippen molar-refractivity contribution in [1.29, 1.82) is 0 Å². The van der Waals surface area contributed by atoms with Crippen molar-refractivity contribution in [3.05, 3.63) is 58.8 Å². The summed E-state index contributed by atoms with van der Waals surface area (Å²) in [5.41, 5.74) is 4.95. The van der Waals surface area contributed by atoms with Gasteiger partial charge in [-0.05, 0) is 18.2 Å². The number of aryl methyl sites for hydroxylation is 1. The third kappa shape index (κ3) is 3.20. The molecule has 2 N–H and O–H groups in total. The van der Waals surface area contributed by atoms with Crippen molar-refractivity contribution < 1.29 is 31.5 Å². The van der Waals surface area contributed by atoms with E-state index < -0.39 is 35.3 Å². The maximum atomic E-state index is 15.0. The SMILES string of the molecule is CN(C(=O)c1cc2c(cc1F)nc(N)c1cnn(C)c12)[C@@H]1COc2cc(C(F)(F)F)cc(F)c21. The Labute approximate surface area is 188 Å². The van der Waals surface area contributed by atoms with Crippen molar-refractivity contribution in [1.82, 2.24) is 19.7 Å². The van der Waals surface area contributed by atoms with Gasteiger partial charge < -0.3 is 15.4 Å². The first-order valence-electron chi connectivity index (χ1n) is 9.98. The van der Waals surface area contributed by atoms with Crippen molar-refractivity contribution in [2.45, 2.75) is 12.2 Å². The van der Waals surface area contributed by atoms with Gasteiger partial charge in [0.05, 0.1) is 45.3 Å². The molecule has 2 aromatic carbocycles. The molecule has 0 saturated carbocycles. The molecule has 0 saturated heterocycles. The molecule has 1 aliphatic rings. The molecule has 1 aliphatic heterocycles. The molecule has 3 heterocycles. The zero-order valence-electron chi connectivity index (χ0n) is 17.7. The first kappa shape index (κ1) is 21.9. The quantitative estimate of drug-likeness (QED) is 0.438. The van der Waals surface area contributed by atoms with Crippen molar-refractivity contribution in [2.24, 2.45) is 7.05 Å². The Morgan fingerprint density at radius 2 is 1.91 bits per heavy atom. The summed E-state index contributed by atoms with van der Waals surface area (Å²) in [5.74, 6) is -3.02. The van der Waals surface area contributed by atoms with E-state index in [1.54, 1.807) is 7.05 Å². The van der Waals surface area contributed by atoms with Crippen molar-refractivity contribution in [2.75, 3.05) is 19.4 Å². The highest BCUT2D eigenvalue weighted by molar-refractivity contribution is 6.10. The number of carbonyl (C=O) groups is 1. The van der Waals surface area contributed by atoms with Crippen LogP contribution >= 0.6 is 0 Å². The number of ether oxygens (including phenoxy) is 1. The normalized spacial score (nSPS) is 15.6. The lowest BCUT2D eigenvalue weighted by Crippen LogP contribution is -2.33. The van der Waals surface area contributed by atoms with Crippen LogP contribution in [0.3, 0.4) is 0 Å². The van der Waals surface area contributed by atoms with Gasteiger partial charge in [0.25, 0.3) is 5.91 Å². The Kier molecular flexibility index (Phi) is 4.68. The van der Waals surface area contributed by atoms with Crippen molar-refractivity contribution in [3.8, 4) is 5.75 Å². The number of halogens is 5. The highest BCUT2D eigenvalue weighted by atomic mass is 19.4. The topological polar surface area (TPSA) is 86.3 Å². The van der Waals surface area contributed by atoms with Crippen LogP contribution in [0, 0.1) is 11.6 Å². The number of amides is 1. The minimum Gasteiger partial charge on any atom is -0.491 e. The van der Waals surface area contributed by atoms with Gasteiger partial charge in [-0.25, -0.2) is 13.8 Å². The number of alkyl halides is 3. The number of likely N-dealkylation sites (N-methyl/N-ethyl adjacent to an activating group) is 1. The Bertz CT molecular complexity index is 1500. The first-order valence-corrected chi connectivity index (χ1v) is 9.98. The molecule has 176 valence electrons. The van der Waals surface area contributed by atoms with Gasteiger partial charge in [0.15, 0.2) is 0 Å². The van der Waals surface area contributed by atoms with Crippen LogP contribution in [0.2, 0.25) is 0 Å². The fraction of sp³-hybridized carbons (Fsp3) is 0.227. The fourth-order valence-corrected chi connectivity index (χ4v) is 4.23. The molecule has 0 radical (unpaired) electrons. The minimum atomic E-state index is -4.76. The van der Waals surface area contributed by atoms with Crippen LogP contribution in [0.15, 0.2) is 30.5 Å².